The highest BCUT2D eigenvalue weighted by molar-refractivity contribution is 6.90. The first-order valence-corrected chi connectivity index (χ1v) is 19.1. The zero-order chi connectivity index (χ0) is 35.7. The minimum atomic E-state index is 0.00315. The summed E-state index contributed by atoms with van der Waals surface area (Å²) in [5.74, 6) is 0. The van der Waals surface area contributed by atoms with Crippen LogP contribution in [0.3, 0.4) is 0 Å². The number of nitrogens with zero attached hydrogens (tertiary/aromatic N) is 2. The number of hydrogen-bond acceptors (Lipinski definition) is 0. The van der Waals surface area contributed by atoms with Gasteiger partial charge in [0.2, 0.25) is 0 Å². The van der Waals surface area contributed by atoms with Crippen LogP contribution >= 0.6 is 0 Å². The van der Waals surface area contributed by atoms with Gasteiger partial charge in [0.05, 0.1) is 11.0 Å². The molecule has 0 amide bonds. The minimum absolute atomic E-state index is 0.00315. The summed E-state index contributed by atoms with van der Waals surface area (Å²) in [5.41, 5.74) is 14.9. The second kappa shape index (κ2) is 9.59. The molecule has 8 aromatic carbocycles. The fourth-order valence-electron chi connectivity index (χ4n) is 10.2. The van der Waals surface area contributed by atoms with Crippen molar-refractivity contribution in [1.82, 2.24) is 9.05 Å². The van der Waals surface area contributed by atoms with Crippen molar-refractivity contribution in [3.63, 3.8) is 0 Å². The topological polar surface area (TPSA) is 9.86 Å². The van der Waals surface area contributed by atoms with Crippen LogP contribution in [-0.4, -0.2) is 15.9 Å². The monoisotopic (exact) mass is 678 g/mol. The molecular weight excluding hydrogens is 639 g/mol. The highest BCUT2D eigenvalue weighted by Gasteiger charge is 2.42. The van der Waals surface area contributed by atoms with Crippen LogP contribution in [0.1, 0.15) is 52.7 Å². The predicted molar refractivity (Wildman–Crippen MR) is 230 cm³/mol. The highest BCUT2D eigenvalue weighted by atomic mass is 15.0. The van der Waals surface area contributed by atoms with Crippen LogP contribution in [0, 0.1) is 0 Å². The van der Waals surface area contributed by atoms with Crippen molar-refractivity contribution in [2.24, 2.45) is 0 Å². The number of fused-ring (bicyclic) bond motifs is 17. The zero-order valence-corrected chi connectivity index (χ0v) is 31.1. The van der Waals surface area contributed by atoms with E-state index >= 15 is 0 Å². The second-order valence-corrected chi connectivity index (χ2v) is 17.7. The molecule has 0 radical (unpaired) electrons. The summed E-state index contributed by atoms with van der Waals surface area (Å²) in [4.78, 5) is 0. The van der Waals surface area contributed by atoms with Gasteiger partial charge < -0.3 is 9.05 Å². The first kappa shape index (κ1) is 29.7. The van der Waals surface area contributed by atoms with Gasteiger partial charge in [-0.15, -0.1) is 0 Å². The summed E-state index contributed by atoms with van der Waals surface area (Å²) in [5, 5.41) is 13.2. The SMILES string of the molecule is CC(C)(C)c1ccc2c(c1)c1cc(C(C)(C)C)cc3c1n2B1c2cc4c5ccccc5c5ccccc5c4cc2-n2c4ccccc4c4ccc-3c1c42. The van der Waals surface area contributed by atoms with Crippen molar-refractivity contribution >= 4 is 93.7 Å². The molecule has 0 aliphatic carbocycles. The minimum Gasteiger partial charge on any atom is -0.375 e. The molecule has 0 N–H and O–H groups in total. The quantitative estimate of drug-likeness (QED) is 0.112. The Balaban J connectivity index is 1.33. The van der Waals surface area contributed by atoms with Gasteiger partial charge in [-0.1, -0.05) is 133 Å². The summed E-state index contributed by atoms with van der Waals surface area (Å²) < 4.78 is 5.34. The number of rotatable bonds is 0. The molecule has 252 valence electrons. The lowest BCUT2D eigenvalue weighted by Gasteiger charge is -2.34. The molecule has 0 bridgehead atoms. The van der Waals surface area contributed by atoms with Gasteiger partial charge in [-0.25, -0.2) is 0 Å². The van der Waals surface area contributed by atoms with Gasteiger partial charge in [-0.3, -0.25) is 0 Å². The molecule has 12 rings (SSSR count). The molecule has 2 aliphatic rings. The fourth-order valence-corrected chi connectivity index (χ4v) is 10.2. The molecule has 0 saturated carbocycles. The van der Waals surface area contributed by atoms with E-state index in [9.17, 15) is 0 Å². The van der Waals surface area contributed by atoms with Gasteiger partial charge in [0.15, 0.2) is 0 Å². The summed E-state index contributed by atoms with van der Waals surface area (Å²) in [6.07, 6.45) is 0. The Morgan fingerprint density at radius 3 is 1.70 bits per heavy atom. The standard InChI is InChI=1S/C50H39BN2/c1-49(2,3)28-19-22-44-39(23-28)41-25-29(50(4,5)6)24-40-35-20-21-36-34-17-11-12-18-43(34)52-45-27-38-33-16-10-8-14-31(33)30-13-7-9-15-32(30)37(38)26-42(45)51(46(35)48(36)52)53(44)47(40)41/h7-27H,1-6H3. The lowest BCUT2D eigenvalue weighted by molar-refractivity contribution is 0.590. The average Bonchev–Trinajstić information content (AvgIpc) is 3.68. The fraction of sp³-hybridized carbons (Fsp3) is 0.160. The van der Waals surface area contributed by atoms with E-state index in [1.54, 1.807) is 0 Å². The molecule has 2 aliphatic heterocycles. The third-order valence-corrected chi connectivity index (χ3v) is 12.8. The maximum atomic E-state index is 2.73. The molecule has 0 unspecified atom stereocenters. The van der Waals surface area contributed by atoms with Gasteiger partial charge in [0, 0.05) is 43.8 Å². The van der Waals surface area contributed by atoms with Gasteiger partial charge in [0.1, 0.15) is 0 Å². The third-order valence-electron chi connectivity index (χ3n) is 12.8. The molecule has 53 heavy (non-hydrogen) atoms. The van der Waals surface area contributed by atoms with Crippen LogP contribution in [-0.2, 0) is 10.8 Å². The lowest BCUT2D eigenvalue weighted by Crippen LogP contribution is -2.55. The lowest BCUT2D eigenvalue weighted by atomic mass is 9.45. The predicted octanol–water partition coefficient (Wildman–Crippen LogP) is 11.9. The maximum Gasteiger partial charge on any atom is 0.333 e. The van der Waals surface area contributed by atoms with E-state index in [2.05, 4.69) is 178 Å². The van der Waals surface area contributed by atoms with Crippen molar-refractivity contribution in [2.45, 2.75) is 52.4 Å². The van der Waals surface area contributed by atoms with Crippen molar-refractivity contribution < 1.29 is 0 Å². The normalized spacial score (nSPS) is 13.8. The summed E-state index contributed by atoms with van der Waals surface area (Å²) in [7, 11) is 0. The van der Waals surface area contributed by atoms with Crippen molar-refractivity contribution in [3.8, 4) is 16.8 Å². The molecule has 3 heteroatoms. The Morgan fingerprint density at radius 1 is 0.415 bits per heavy atom. The smallest absolute Gasteiger partial charge is 0.333 e. The summed E-state index contributed by atoms with van der Waals surface area (Å²) >= 11 is 0. The Kier molecular flexibility index (Phi) is 5.38. The van der Waals surface area contributed by atoms with Crippen LogP contribution in [0.4, 0.5) is 0 Å². The van der Waals surface area contributed by atoms with E-state index in [0.29, 0.717) is 0 Å². The number of benzene rings is 8. The van der Waals surface area contributed by atoms with Crippen LogP contribution in [0.15, 0.2) is 127 Å². The maximum absolute atomic E-state index is 2.73. The third kappa shape index (κ3) is 3.65. The molecule has 0 atom stereocenters. The van der Waals surface area contributed by atoms with E-state index in [1.165, 1.54) is 115 Å². The highest BCUT2D eigenvalue weighted by Crippen LogP contribution is 2.47. The summed E-state index contributed by atoms with van der Waals surface area (Å²) in [6, 6.07) is 49.3. The van der Waals surface area contributed by atoms with Crippen LogP contribution in [0.5, 0.6) is 0 Å². The van der Waals surface area contributed by atoms with Gasteiger partial charge in [0.25, 0.3) is 0 Å². The van der Waals surface area contributed by atoms with Crippen molar-refractivity contribution in [3.05, 3.63) is 139 Å². The molecule has 2 nitrogen and oxygen atoms in total. The molecular formula is C50H39BN2. The molecule has 0 fully saturated rings. The van der Waals surface area contributed by atoms with E-state index in [-0.39, 0.29) is 17.7 Å². The molecule has 0 saturated heterocycles. The number of para-hydroxylation sites is 1. The van der Waals surface area contributed by atoms with Crippen LogP contribution in [0.2, 0.25) is 0 Å². The van der Waals surface area contributed by atoms with E-state index in [0.717, 1.165) is 0 Å². The number of hydrogen-bond donors (Lipinski definition) is 0. The molecule has 0 spiro atoms. The van der Waals surface area contributed by atoms with Crippen LogP contribution in [0.25, 0.3) is 92.7 Å². The van der Waals surface area contributed by atoms with E-state index in [1.807, 2.05) is 0 Å². The molecule has 10 aromatic rings. The van der Waals surface area contributed by atoms with Gasteiger partial charge in [-0.05, 0) is 107 Å². The first-order valence-electron chi connectivity index (χ1n) is 19.1. The molecule has 4 heterocycles. The van der Waals surface area contributed by atoms with Crippen LogP contribution < -0.4 is 10.9 Å². The Hall–Kier alpha value is -5.80. The average molecular weight is 679 g/mol. The van der Waals surface area contributed by atoms with Gasteiger partial charge in [-0.2, -0.15) is 0 Å². The van der Waals surface area contributed by atoms with Crippen molar-refractivity contribution in [1.29, 1.82) is 0 Å². The molecule has 2 aromatic heterocycles. The summed E-state index contributed by atoms with van der Waals surface area (Å²) in [6.45, 7) is 14.1. The van der Waals surface area contributed by atoms with Gasteiger partial charge >= 0.3 is 6.85 Å². The van der Waals surface area contributed by atoms with E-state index in [4.69, 9.17) is 0 Å². The number of aromatic nitrogens is 2. The largest absolute Gasteiger partial charge is 0.375 e. The zero-order valence-electron chi connectivity index (χ0n) is 31.1. The Morgan fingerprint density at radius 2 is 1.02 bits per heavy atom. The Labute approximate surface area is 309 Å². The van der Waals surface area contributed by atoms with E-state index < -0.39 is 0 Å². The first-order chi connectivity index (χ1) is 25.6. The second-order valence-electron chi connectivity index (χ2n) is 17.7. The van der Waals surface area contributed by atoms with Crippen molar-refractivity contribution in [2.75, 3.05) is 0 Å². The Bertz CT molecular complexity index is 3300.